The summed E-state index contributed by atoms with van der Waals surface area (Å²) in [5.74, 6) is 1.77. The molecule has 0 N–H and O–H groups in total. The second kappa shape index (κ2) is 7.09. The van der Waals surface area contributed by atoms with E-state index in [1.165, 1.54) is 0 Å². The van der Waals surface area contributed by atoms with E-state index >= 15 is 0 Å². The standard InChI is InChI=1S/C18H27N5O2/c1-18(2,3)17-20-14(12-24-5)8-16(21-17)23-6-7-25-15(11-23)13-9-19-22(4)10-13/h8-10,15H,6-7,11-12H2,1-5H3. The fraction of sp³-hybridized carbons (Fsp3) is 0.611. The molecular weight excluding hydrogens is 318 g/mol. The van der Waals surface area contributed by atoms with Crippen molar-refractivity contribution in [3.8, 4) is 0 Å². The molecule has 136 valence electrons. The van der Waals surface area contributed by atoms with Crippen LogP contribution >= 0.6 is 0 Å². The Labute approximate surface area is 149 Å². The maximum atomic E-state index is 5.94. The largest absolute Gasteiger partial charge is 0.378 e. The molecule has 7 heteroatoms. The van der Waals surface area contributed by atoms with Crippen LogP contribution < -0.4 is 4.90 Å². The minimum atomic E-state index is -0.118. The van der Waals surface area contributed by atoms with Crippen molar-refractivity contribution < 1.29 is 9.47 Å². The minimum absolute atomic E-state index is 0.00128. The van der Waals surface area contributed by atoms with Gasteiger partial charge in [0.1, 0.15) is 17.7 Å². The van der Waals surface area contributed by atoms with Crippen molar-refractivity contribution in [2.75, 3.05) is 31.7 Å². The highest BCUT2D eigenvalue weighted by Crippen LogP contribution is 2.27. The topological polar surface area (TPSA) is 65.3 Å². The van der Waals surface area contributed by atoms with Gasteiger partial charge in [0.05, 0.1) is 25.1 Å². The maximum Gasteiger partial charge on any atom is 0.136 e. The van der Waals surface area contributed by atoms with E-state index in [2.05, 4.69) is 35.8 Å². The van der Waals surface area contributed by atoms with Crippen LogP contribution in [0.4, 0.5) is 5.82 Å². The summed E-state index contributed by atoms with van der Waals surface area (Å²) in [5, 5.41) is 4.25. The predicted octanol–water partition coefficient (Wildman–Crippen LogP) is 2.23. The first kappa shape index (κ1) is 17.8. The second-order valence-electron chi connectivity index (χ2n) is 7.48. The predicted molar refractivity (Wildman–Crippen MR) is 95.6 cm³/mol. The Morgan fingerprint density at radius 3 is 2.76 bits per heavy atom. The molecule has 0 spiro atoms. The average Bonchev–Trinajstić information content (AvgIpc) is 3.01. The van der Waals surface area contributed by atoms with Gasteiger partial charge in [-0.05, 0) is 0 Å². The number of methoxy groups -OCH3 is 1. The van der Waals surface area contributed by atoms with Gasteiger partial charge in [0, 0.05) is 50.5 Å². The van der Waals surface area contributed by atoms with E-state index in [9.17, 15) is 0 Å². The van der Waals surface area contributed by atoms with Gasteiger partial charge >= 0.3 is 0 Å². The zero-order valence-electron chi connectivity index (χ0n) is 15.7. The smallest absolute Gasteiger partial charge is 0.136 e. The molecule has 3 rings (SSSR count). The van der Waals surface area contributed by atoms with Crippen LogP contribution in [0.2, 0.25) is 0 Å². The van der Waals surface area contributed by atoms with Gasteiger partial charge in [-0.25, -0.2) is 9.97 Å². The van der Waals surface area contributed by atoms with E-state index < -0.39 is 0 Å². The molecule has 1 saturated heterocycles. The summed E-state index contributed by atoms with van der Waals surface area (Å²) >= 11 is 0. The molecule has 25 heavy (non-hydrogen) atoms. The molecule has 1 atom stereocenters. The molecule has 1 aliphatic heterocycles. The highest BCUT2D eigenvalue weighted by Gasteiger charge is 2.26. The Balaban J connectivity index is 1.87. The van der Waals surface area contributed by atoms with E-state index in [0.717, 1.165) is 36.0 Å². The zero-order chi connectivity index (χ0) is 18.0. The zero-order valence-corrected chi connectivity index (χ0v) is 15.7. The molecule has 0 bridgehead atoms. The van der Waals surface area contributed by atoms with Gasteiger partial charge in [0.25, 0.3) is 0 Å². The van der Waals surface area contributed by atoms with Crippen molar-refractivity contribution in [2.24, 2.45) is 7.05 Å². The summed E-state index contributed by atoms with van der Waals surface area (Å²) in [5.41, 5.74) is 1.88. The summed E-state index contributed by atoms with van der Waals surface area (Å²) in [6.07, 6.45) is 3.87. The van der Waals surface area contributed by atoms with Gasteiger partial charge in [0.2, 0.25) is 0 Å². The molecule has 0 amide bonds. The molecule has 0 aromatic carbocycles. The van der Waals surface area contributed by atoms with Crippen LogP contribution in [-0.2, 0) is 28.5 Å². The van der Waals surface area contributed by atoms with Crippen LogP contribution in [0.15, 0.2) is 18.5 Å². The molecule has 0 saturated carbocycles. The Kier molecular flexibility index (Phi) is 5.06. The van der Waals surface area contributed by atoms with Crippen LogP contribution in [0.5, 0.6) is 0 Å². The summed E-state index contributed by atoms with van der Waals surface area (Å²) in [7, 11) is 3.60. The molecular formula is C18H27N5O2. The first-order valence-electron chi connectivity index (χ1n) is 8.59. The van der Waals surface area contributed by atoms with Crippen LogP contribution in [0, 0.1) is 0 Å². The van der Waals surface area contributed by atoms with Crippen molar-refractivity contribution >= 4 is 5.82 Å². The van der Waals surface area contributed by atoms with E-state index in [1.807, 2.05) is 25.5 Å². The second-order valence-corrected chi connectivity index (χ2v) is 7.48. The van der Waals surface area contributed by atoms with E-state index in [-0.39, 0.29) is 11.5 Å². The highest BCUT2D eigenvalue weighted by molar-refractivity contribution is 5.41. The van der Waals surface area contributed by atoms with Gasteiger partial charge in [-0.1, -0.05) is 20.8 Å². The number of hydrogen-bond acceptors (Lipinski definition) is 6. The summed E-state index contributed by atoms with van der Waals surface area (Å²) in [6.45, 7) is 9.08. The number of anilines is 1. The number of rotatable bonds is 4. The third kappa shape index (κ3) is 4.16. The molecule has 1 fully saturated rings. The summed E-state index contributed by atoms with van der Waals surface area (Å²) in [4.78, 5) is 11.8. The van der Waals surface area contributed by atoms with Crippen molar-refractivity contribution in [2.45, 2.75) is 38.9 Å². The Morgan fingerprint density at radius 2 is 2.12 bits per heavy atom. The minimum Gasteiger partial charge on any atom is -0.378 e. The van der Waals surface area contributed by atoms with E-state index in [1.54, 1.807) is 11.8 Å². The fourth-order valence-electron chi connectivity index (χ4n) is 2.87. The molecule has 3 heterocycles. The first-order valence-corrected chi connectivity index (χ1v) is 8.59. The number of hydrogen-bond donors (Lipinski definition) is 0. The molecule has 7 nitrogen and oxygen atoms in total. The Bertz CT molecular complexity index is 722. The number of ether oxygens (including phenoxy) is 2. The normalized spacial score (nSPS) is 18.6. The Hall–Kier alpha value is -1.99. The molecule has 1 unspecified atom stereocenters. The van der Waals surface area contributed by atoms with Gasteiger partial charge in [-0.2, -0.15) is 5.10 Å². The molecule has 2 aromatic rings. The lowest BCUT2D eigenvalue weighted by atomic mass is 9.95. The molecule has 0 radical (unpaired) electrons. The lowest BCUT2D eigenvalue weighted by Gasteiger charge is -2.34. The number of aromatic nitrogens is 4. The molecule has 1 aliphatic rings. The average molecular weight is 345 g/mol. The van der Waals surface area contributed by atoms with E-state index in [0.29, 0.717) is 13.2 Å². The third-order valence-corrected chi connectivity index (χ3v) is 4.22. The van der Waals surface area contributed by atoms with Gasteiger partial charge < -0.3 is 14.4 Å². The number of nitrogens with zero attached hydrogens (tertiary/aromatic N) is 5. The number of morpholine rings is 1. The van der Waals surface area contributed by atoms with Gasteiger partial charge in [0.15, 0.2) is 0 Å². The SMILES string of the molecule is COCc1cc(N2CCOC(c3cnn(C)c3)C2)nc(C(C)(C)C)n1. The van der Waals surface area contributed by atoms with Crippen LogP contribution in [0.3, 0.4) is 0 Å². The molecule has 0 aliphatic carbocycles. The van der Waals surface area contributed by atoms with Crippen molar-refractivity contribution in [3.63, 3.8) is 0 Å². The molecule has 2 aromatic heterocycles. The van der Waals surface area contributed by atoms with Gasteiger partial charge in [-0.15, -0.1) is 0 Å². The van der Waals surface area contributed by atoms with Crippen LogP contribution in [0.1, 0.15) is 44.0 Å². The summed E-state index contributed by atoms with van der Waals surface area (Å²) < 4.78 is 13.0. The number of aryl methyl sites for hydroxylation is 1. The lowest BCUT2D eigenvalue weighted by Crippen LogP contribution is -2.39. The summed E-state index contributed by atoms with van der Waals surface area (Å²) in [6, 6.07) is 2.02. The van der Waals surface area contributed by atoms with Crippen molar-refractivity contribution in [1.82, 2.24) is 19.7 Å². The van der Waals surface area contributed by atoms with E-state index in [4.69, 9.17) is 14.5 Å². The first-order chi connectivity index (χ1) is 11.9. The van der Waals surface area contributed by atoms with Crippen molar-refractivity contribution in [1.29, 1.82) is 0 Å². The quantitative estimate of drug-likeness (QED) is 0.847. The fourth-order valence-corrected chi connectivity index (χ4v) is 2.87. The van der Waals surface area contributed by atoms with Gasteiger partial charge in [-0.3, -0.25) is 4.68 Å². The highest BCUT2D eigenvalue weighted by atomic mass is 16.5. The van der Waals surface area contributed by atoms with Crippen LogP contribution in [-0.4, -0.2) is 46.6 Å². The lowest BCUT2D eigenvalue weighted by molar-refractivity contribution is 0.0394. The maximum absolute atomic E-state index is 5.94. The third-order valence-electron chi connectivity index (χ3n) is 4.22. The monoisotopic (exact) mass is 345 g/mol. The Morgan fingerprint density at radius 1 is 1.32 bits per heavy atom. The van der Waals surface area contributed by atoms with Crippen molar-refractivity contribution in [3.05, 3.63) is 35.5 Å². The van der Waals surface area contributed by atoms with Crippen LogP contribution in [0.25, 0.3) is 0 Å².